The maximum atomic E-state index is 13.6. The first-order valence-electron chi connectivity index (χ1n) is 5.30. The van der Waals surface area contributed by atoms with Gasteiger partial charge in [0.25, 0.3) is 5.91 Å². The van der Waals surface area contributed by atoms with Gasteiger partial charge in [-0.05, 0) is 24.3 Å². The molecule has 1 N–H and O–H groups in total. The lowest BCUT2D eigenvalue weighted by Crippen LogP contribution is -2.16. The molecule has 0 atom stereocenters. The Bertz CT molecular complexity index is 670. The number of halogens is 5. The summed E-state index contributed by atoms with van der Waals surface area (Å²) in [6.07, 6.45) is 0. The van der Waals surface area contributed by atoms with Crippen LogP contribution in [0, 0.1) is 17.5 Å². The van der Waals surface area contributed by atoms with Crippen LogP contribution in [0.2, 0.25) is 5.02 Å². The number of anilines is 1. The lowest BCUT2D eigenvalue weighted by molar-refractivity contribution is 0.101. The number of hydrogen-bond acceptors (Lipinski definition) is 1. The first-order chi connectivity index (χ1) is 9.40. The van der Waals surface area contributed by atoms with Crippen LogP contribution in [0.15, 0.2) is 34.8 Å². The van der Waals surface area contributed by atoms with Crippen molar-refractivity contribution in [1.29, 1.82) is 0 Å². The molecule has 2 aromatic rings. The van der Waals surface area contributed by atoms with Gasteiger partial charge in [0.15, 0.2) is 5.82 Å². The second-order valence-electron chi connectivity index (χ2n) is 3.80. The van der Waals surface area contributed by atoms with Crippen LogP contribution in [0.25, 0.3) is 0 Å². The van der Waals surface area contributed by atoms with Crippen molar-refractivity contribution in [3.05, 3.63) is 62.8 Å². The zero-order valence-corrected chi connectivity index (χ0v) is 12.0. The van der Waals surface area contributed by atoms with Crippen LogP contribution in [-0.4, -0.2) is 5.91 Å². The van der Waals surface area contributed by atoms with E-state index in [-0.39, 0.29) is 15.2 Å². The Labute approximate surface area is 125 Å². The second kappa shape index (κ2) is 5.85. The molecule has 0 radical (unpaired) electrons. The van der Waals surface area contributed by atoms with Crippen molar-refractivity contribution in [2.24, 2.45) is 0 Å². The van der Waals surface area contributed by atoms with E-state index in [4.69, 9.17) is 11.6 Å². The molecule has 0 unspecified atom stereocenters. The zero-order valence-electron chi connectivity index (χ0n) is 9.68. The predicted octanol–water partition coefficient (Wildman–Crippen LogP) is 4.77. The van der Waals surface area contributed by atoms with Crippen LogP contribution >= 0.6 is 27.5 Å². The van der Waals surface area contributed by atoms with Gasteiger partial charge in [-0.1, -0.05) is 33.6 Å². The molecule has 7 heteroatoms. The molecule has 0 aliphatic heterocycles. The number of rotatable bonds is 2. The average molecular weight is 365 g/mol. The summed E-state index contributed by atoms with van der Waals surface area (Å²) in [5.41, 5.74) is -1.06. The number of hydrogen-bond donors (Lipinski definition) is 1. The lowest BCUT2D eigenvalue weighted by atomic mass is 10.1. The average Bonchev–Trinajstić information content (AvgIpc) is 2.33. The summed E-state index contributed by atoms with van der Waals surface area (Å²) in [7, 11) is 0. The third-order valence-electron chi connectivity index (χ3n) is 2.43. The van der Waals surface area contributed by atoms with Gasteiger partial charge in [0, 0.05) is 4.47 Å². The molecule has 0 aromatic heterocycles. The summed E-state index contributed by atoms with van der Waals surface area (Å²) >= 11 is 8.44. The minimum absolute atomic E-state index is 0.151. The summed E-state index contributed by atoms with van der Waals surface area (Å²) in [4.78, 5) is 11.8. The fourth-order valence-electron chi connectivity index (χ4n) is 1.54. The molecule has 0 heterocycles. The van der Waals surface area contributed by atoms with E-state index in [9.17, 15) is 18.0 Å². The van der Waals surface area contributed by atoms with E-state index in [2.05, 4.69) is 21.2 Å². The molecule has 0 saturated heterocycles. The number of nitrogens with one attached hydrogen (secondary N) is 1. The molecule has 1 amide bonds. The van der Waals surface area contributed by atoms with Crippen molar-refractivity contribution in [2.45, 2.75) is 0 Å². The molecule has 2 aromatic carbocycles. The van der Waals surface area contributed by atoms with Gasteiger partial charge in [-0.25, -0.2) is 13.2 Å². The quantitative estimate of drug-likeness (QED) is 0.817. The lowest BCUT2D eigenvalue weighted by Gasteiger charge is -2.09. The Morgan fingerprint density at radius 1 is 1.15 bits per heavy atom. The number of benzene rings is 2. The zero-order chi connectivity index (χ0) is 14.9. The highest BCUT2D eigenvalue weighted by Gasteiger charge is 2.20. The maximum absolute atomic E-state index is 13.6. The number of carbonyl (C=O) groups is 1. The van der Waals surface area contributed by atoms with Gasteiger partial charge in [0.05, 0.1) is 10.7 Å². The normalized spacial score (nSPS) is 10.4. The van der Waals surface area contributed by atoms with E-state index < -0.39 is 28.9 Å². The van der Waals surface area contributed by atoms with E-state index >= 15 is 0 Å². The van der Waals surface area contributed by atoms with Crippen LogP contribution in [0.5, 0.6) is 0 Å². The maximum Gasteiger partial charge on any atom is 0.261 e. The summed E-state index contributed by atoms with van der Waals surface area (Å²) in [5, 5.41) is 1.87. The first kappa shape index (κ1) is 14.9. The highest BCUT2D eigenvalue weighted by Crippen LogP contribution is 2.24. The molecular formula is C13H6BrClF3NO. The Hall–Kier alpha value is -1.53. The molecule has 2 nitrogen and oxygen atoms in total. The van der Waals surface area contributed by atoms with Crippen molar-refractivity contribution < 1.29 is 18.0 Å². The molecule has 0 spiro atoms. The standard InChI is InChI=1S/C13H6BrClF3NO/c14-6-4-8(16)11(9(17)5-6)13(20)19-10-3-1-2-7(15)12(10)18/h1-5H,(H,19,20). The molecule has 0 aliphatic rings. The van der Waals surface area contributed by atoms with Gasteiger partial charge in [-0.15, -0.1) is 0 Å². The van der Waals surface area contributed by atoms with Crippen LogP contribution in [-0.2, 0) is 0 Å². The predicted molar refractivity (Wildman–Crippen MR) is 73.4 cm³/mol. The van der Waals surface area contributed by atoms with Gasteiger partial charge in [0.2, 0.25) is 0 Å². The second-order valence-corrected chi connectivity index (χ2v) is 5.12. The van der Waals surface area contributed by atoms with E-state index in [1.54, 1.807) is 0 Å². The molecule has 0 aliphatic carbocycles. The van der Waals surface area contributed by atoms with Crippen molar-refractivity contribution in [3.8, 4) is 0 Å². The molecule has 0 bridgehead atoms. The largest absolute Gasteiger partial charge is 0.319 e. The van der Waals surface area contributed by atoms with Crippen molar-refractivity contribution in [1.82, 2.24) is 0 Å². The third-order valence-corrected chi connectivity index (χ3v) is 3.18. The van der Waals surface area contributed by atoms with Gasteiger partial charge in [-0.2, -0.15) is 0 Å². The van der Waals surface area contributed by atoms with Crippen molar-refractivity contribution >= 4 is 39.1 Å². The molecule has 104 valence electrons. The monoisotopic (exact) mass is 363 g/mol. The fourth-order valence-corrected chi connectivity index (χ4v) is 2.12. The molecule has 0 fully saturated rings. The number of amides is 1. The highest BCUT2D eigenvalue weighted by atomic mass is 79.9. The van der Waals surface area contributed by atoms with E-state index in [0.717, 1.165) is 12.1 Å². The van der Waals surface area contributed by atoms with E-state index in [0.29, 0.717) is 0 Å². The van der Waals surface area contributed by atoms with E-state index in [1.165, 1.54) is 18.2 Å². The first-order valence-corrected chi connectivity index (χ1v) is 6.47. The van der Waals surface area contributed by atoms with Crippen LogP contribution in [0.4, 0.5) is 18.9 Å². The minimum atomic E-state index is -1.10. The summed E-state index contributed by atoms with van der Waals surface area (Å²) < 4.78 is 40.9. The van der Waals surface area contributed by atoms with Gasteiger partial charge >= 0.3 is 0 Å². The topological polar surface area (TPSA) is 29.1 Å². The van der Waals surface area contributed by atoms with Crippen LogP contribution in [0.3, 0.4) is 0 Å². The molecule has 20 heavy (non-hydrogen) atoms. The molecular weight excluding hydrogens is 358 g/mol. The summed E-state index contributed by atoms with van der Waals surface area (Å²) in [5.74, 6) is -4.09. The molecule has 2 rings (SSSR count). The highest BCUT2D eigenvalue weighted by molar-refractivity contribution is 9.10. The smallest absolute Gasteiger partial charge is 0.261 e. The Morgan fingerprint density at radius 2 is 1.75 bits per heavy atom. The van der Waals surface area contributed by atoms with Crippen molar-refractivity contribution in [3.63, 3.8) is 0 Å². The minimum Gasteiger partial charge on any atom is -0.319 e. The van der Waals surface area contributed by atoms with Crippen LogP contribution < -0.4 is 5.32 Å². The van der Waals surface area contributed by atoms with Gasteiger partial charge in [-0.3, -0.25) is 4.79 Å². The molecule has 0 saturated carbocycles. The Kier molecular flexibility index (Phi) is 4.35. The fraction of sp³-hybridized carbons (Fsp3) is 0. The van der Waals surface area contributed by atoms with Crippen LogP contribution in [0.1, 0.15) is 10.4 Å². The third kappa shape index (κ3) is 2.96. The Morgan fingerprint density at radius 3 is 2.35 bits per heavy atom. The summed E-state index contributed by atoms with van der Waals surface area (Å²) in [6, 6.07) is 5.79. The summed E-state index contributed by atoms with van der Waals surface area (Å²) in [6.45, 7) is 0. The number of carbonyl (C=O) groups excluding carboxylic acids is 1. The van der Waals surface area contributed by atoms with Crippen molar-refractivity contribution in [2.75, 3.05) is 5.32 Å². The Balaban J connectivity index is 2.36. The SMILES string of the molecule is O=C(Nc1cccc(Cl)c1F)c1c(F)cc(Br)cc1F. The van der Waals surface area contributed by atoms with Gasteiger partial charge < -0.3 is 5.32 Å². The van der Waals surface area contributed by atoms with E-state index in [1.807, 2.05) is 0 Å². The van der Waals surface area contributed by atoms with Gasteiger partial charge in [0.1, 0.15) is 17.2 Å².